The average molecular weight is 246 g/mol. The first-order valence-corrected chi connectivity index (χ1v) is 9.59. The van der Waals surface area contributed by atoms with Crippen molar-refractivity contribution in [1.82, 2.24) is 0 Å². The minimum absolute atomic E-state index is 0.189. The lowest BCUT2D eigenvalue weighted by molar-refractivity contribution is -0.0693. The van der Waals surface area contributed by atoms with E-state index in [2.05, 4.69) is 33.5 Å². The molecule has 0 spiro atoms. The minimum atomic E-state index is -1.56. The van der Waals surface area contributed by atoms with Gasteiger partial charge in [0.25, 0.3) is 0 Å². The van der Waals surface area contributed by atoms with Crippen LogP contribution in [0.5, 0.6) is 0 Å². The molecular formula is C12H26O3Si. The summed E-state index contributed by atoms with van der Waals surface area (Å²) in [7, 11) is -1.56. The molecule has 0 saturated heterocycles. The van der Waals surface area contributed by atoms with Gasteiger partial charge in [0.2, 0.25) is 0 Å². The van der Waals surface area contributed by atoms with E-state index in [1.165, 1.54) is 0 Å². The zero-order valence-electron chi connectivity index (χ0n) is 11.2. The fourth-order valence-electron chi connectivity index (χ4n) is 2.63. The van der Waals surface area contributed by atoms with Crippen molar-refractivity contribution in [2.24, 2.45) is 5.92 Å². The van der Waals surface area contributed by atoms with Crippen LogP contribution in [0.2, 0.25) is 19.6 Å². The Morgan fingerprint density at radius 1 is 1.06 bits per heavy atom. The first-order chi connectivity index (χ1) is 7.12. The second-order valence-corrected chi connectivity index (χ2v) is 10.9. The van der Waals surface area contributed by atoms with Crippen LogP contribution in [-0.4, -0.2) is 36.3 Å². The SMILES string of the molecule is CC(C)(O[Si](C)(C)C)[C@@H]1CC[C@@H](O)[C@@H](O)C1. The largest absolute Gasteiger partial charge is 0.412 e. The van der Waals surface area contributed by atoms with Crippen LogP contribution in [0.25, 0.3) is 0 Å². The summed E-state index contributed by atoms with van der Waals surface area (Å²) >= 11 is 0. The maximum atomic E-state index is 9.72. The zero-order chi connectivity index (χ0) is 12.6. The highest BCUT2D eigenvalue weighted by atomic mass is 28.4. The molecule has 4 heteroatoms. The highest BCUT2D eigenvalue weighted by Crippen LogP contribution is 2.36. The number of hydrogen-bond donors (Lipinski definition) is 2. The Hall–Kier alpha value is 0.0969. The van der Waals surface area contributed by atoms with Gasteiger partial charge in [-0.25, -0.2) is 0 Å². The van der Waals surface area contributed by atoms with Gasteiger partial charge in [-0.1, -0.05) is 0 Å². The topological polar surface area (TPSA) is 49.7 Å². The van der Waals surface area contributed by atoms with Crippen LogP contribution in [0.3, 0.4) is 0 Å². The molecule has 96 valence electrons. The van der Waals surface area contributed by atoms with Gasteiger partial charge >= 0.3 is 0 Å². The molecule has 1 saturated carbocycles. The van der Waals surface area contributed by atoms with Crippen LogP contribution >= 0.6 is 0 Å². The summed E-state index contributed by atoms with van der Waals surface area (Å²) < 4.78 is 6.19. The van der Waals surface area contributed by atoms with Crippen LogP contribution in [0.4, 0.5) is 0 Å². The Morgan fingerprint density at radius 3 is 2.06 bits per heavy atom. The molecule has 0 aromatic carbocycles. The molecule has 0 radical (unpaired) electrons. The normalized spacial score (nSPS) is 32.8. The second-order valence-electron chi connectivity index (χ2n) is 6.46. The predicted molar refractivity (Wildman–Crippen MR) is 67.9 cm³/mol. The van der Waals surface area contributed by atoms with Crippen molar-refractivity contribution in [2.45, 2.75) is 70.6 Å². The number of aliphatic hydroxyl groups is 2. The lowest BCUT2D eigenvalue weighted by atomic mass is 9.76. The van der Waals surface area contributed by atoms with Crippen LogP contribution in [0.15, 0.2) is 0 Å². The molecule has 0 heterocycles. The van der Waals surface area contributed by atoms with Crippen molar-refractivity contribution in [3.05, 3.63) is 0 Å². The van der Waals surface area contributed by atoms with Crippen LogP contribution in [0, 0.1) is 5.92 Å². The maximum absolute atomic E-state index is 9.72. The molecule has 1 fully saturated rings. The van der Waals surface area contributed by atoms with Gasteiger partial charge in [0.15, 0.2) is 8.32 Å². The Bertz CT molecular complexity index is 235. The van der Waals surface area contributed by atoms with Crippen molar-refractivity contribution >= 4 is 8.32 Å². The standard InChI is InChI=1S/C12H26O3Si/c1-12(2,15-16(3,4)5)9-6-7-10(13)11(14)8-9/h9-11,13-14H,6-8H2,1-5H3/t9-,10-,11+/m1/s1. The lowest BCUT2D eigenvalue weighted by Gasteiger charge is -2.43. The molecule has 16 heavy (non-hydrogen) atoms. The van der Waals surface area contributed by atoms with Gasteiger partial charge in [0.05, 0.1) is 17.8 Å². The molecule has 3 nitrogen and oxygen atoms in total. The fourth-order valence-corrected chi connectivity index (χ4v) is 4.38. The average Bonchev–Trinajstić information content (AvgIpc) is 2.05. The van der Waals surface area contributed by atoms with E-state index >= 15 is 0 Å². The van der Waals surface area contributed by atoms with E-state index in [9.17, 15) is 10.2 Å². The molecule has 2 N–H and O–H groups in total. The maximum Gasteiger partial charge on any atom is 0.184 e. The summed E-state index contributed by atoms with van der Waals surface area (Å²) in [5.41, 5.74) is -0.189. The fraction of sp³-hybridized carbons (Fsp3) is 1.00. The first kappa shape index (κ1) is 14.2. The number of rotatable bonds is 3. The van der Waals surface area contributed by atoms with Crippen molar-refractivity contribution in [3.63, 3.8) is 0 Å². The molecule has 0 amide bonds. The lowest BCUT2D eigenvalue weighted by Crippen LogP contribution is -2.48. The van der Waals surface area contributed by atoms with Crippen LogP contribution in [0.1, 0.15) is 33.1 Å². The van der Waals surface area contributed by atoms with E-state index in [4.69, 9.17) is 4.43 Å². The Labute approximate surface area is 100.0 Å². The Morgan fingerprint density at radius 2 is 1.62 bits per heavy atom. The molecule has 1 rings (SSSR count). The molecule has 1 aliphatic rings. The van der Waals surface area contributed by atoms with Gasteiger partial charge in [-0.2, -0.15) is 0 Å². The summed E-state index contributed by atoms with van der Waals surface area (Å²) in [6.45, 7) is 10.8. The zero-order valence-corrected chi connectivity index (χ0v) is 12.2. The van der Waals surface area contributed by atoms with Crippen LogP contribution < -0.4 is 0 Å². The monoisotopic (exact) mass is 246 g/mol. The molecule has 0 bridgehead atoms. The molecule has 0 aromatic rings. The second kappa shape index (κ2) is 4.76. The summed E-state index contributed by atoms with van der Waals surface area (Å²) in [4.78, 5) is 0. The van der Waals surface area contributed by atoms with E-state index in [-0.39, 0.29) is 5.60 Å². The minimum Gasteiger partial charge on any atom is -0.412 e. The van der Waals surface area contributed by atoms with E-state index in [0.29, 0.717) is 18.8 Å². The summed E-state index contributed by atoms with van der Waals surface area (Å²) in [5, 5.41) is 19.2. The van der Waals surface area contributed by atoms with Gasteiger partial charge in [0.1, 0.15) is 0 Å². The van der Waals surface area contributed by atoms with Crippen molar-refractivity contribution in [1.29, 1.82) is 0 Å². The van der Waals surface area contributed by atoms with Gasteiger partial charge in [-0.3, -0.25) is 0 Å². The predicted octanol–water partition coefficient (Wildman–Crippen LogP) is 2.14. The first-order valence-electron chi connectivity index (χ1n) is 6.18. The van der Waals surface area contributed by atoms with E-state index in [1.807, 2.05) is 0 Å². The quantitative estimate of drug-likeness (QED) is 0.750. The molecule has 0 aliphatic heterocycles. The molecule has 3 atom stereocenters. The van der Waals surface area contributed by atoms with E-state index in [0.717, 1.165) is 6.42 Å². The number of hydrogen-bond acceptors (Lipinski definition) is 3. The van der Waals surface area contributed by atoms with E-state index in [1.54, 1.807) is 0 Å². The third kappa shape index (κ3) is 3.84. The summed E-state index contributed by atoms with van der Waals surface area (Å²) in [6.07, 6.45) is 1.15. The van der Waals surface area contributed by atoms with Gasteiger partial charge in [-0.05, 0) is 58.7 Å². The molecule has 0 unspecified atom stereocenters. The number of aliphatic hydroxyl groups excluding tert-OH is 2. The smallest absolute Gasteiger partial charge is 0.184 e. The highest BCUT2D eigenvalue weighted by Gasteiger charge is 2.39. The molecular weight excluding hydrogens is 220 g/mol. The summed E-state index contributed by atoms with van der Waals surface area (Å²) in [5.74, 6) is 0.345. The Kier molecular flexibility index (Phi) is 4.22. The van der Waals surface area contributed by atoms with Gasteiger partial charge in [0, 0.05) is 0 Å². The van der Waals surface area contributed by atoms with Crippen molar-refractivity contribution < 1.29 is 14.6 Å². The van der Waals surface area contributed by atoms with Gasteiger partial charge < -0.3 is 14.6 Å². The third-order valence-corrected chi connectivity index (χ3v) is 4.47. The molecule has 0 aromatic heterocycles. The van der Waals surface area contributed by atoms with Crippen molar-refractivity contribution in [2.75, 3.05) is 0 Å². The summed E-state index contributed by atoms with van der Waals surface area (Å²) in [6, 6.07) is 0. The van der Waals surface area contributed by atoms with Crippen LogP contribution in [-0.2, 0) is 4.43 Å². The van der Waals surface area contributed by atoms with Gasteiger partial charge in [-0.15, -0.1) is 0 Å². The third-order valence-electron chi connectivity index (χ3n) is 3.33. The Balaban J connectivity index is 2.62. The van der Waals surface area contributed by atoms with Crippen molar-refractivity contribution in [3.8, 4) is 0 Å². The van der Waals surface area contributed by atoms with E-state index < -0.39 is 20.5 Å². The highest BCUT2D eigenvalue weighted by molar-refractivity contribution is 6.69. The molecule has 1 aliphatic carbocycles.